The van der Waals surface area contributed by atoms with E-state index in [9.17, 15) is 26.7 Å². The van der Waals surface area contributed by atoms with Crippen molar-refractivity contribution in [2.24, 2.45) is 0 Å². The van der Waals surface area contributed by atoms with E-state index in [0.717, 1.165) is 18.2 Å². The van der Waals surface area contributed by atoms with Gasteiger partial charge in [-0.15, -0.1) is 0 Å². The predicted octanol–water partition coefficient (Wildman–Crippen LogP) is 2.99. The first-order valence-electron chi connectivity index (χ1n) is 5.06. The zero-order valence-electron chi connectivity index (χ0n) is 9.39. The second kappa shape index (κ2) is 5.32. The van der Waals surface area contributed by atoms with Crippen LogP contribution >= 0.6 is 0 Å². The summed E-state index contributed by atoms with van der Waals surface area (Å²) in [6, 6.07) is 2.79. The first-order chi connectivity index (χ1) is 8.26. The van der Waals surface area contributed by atoms with Crippen LogP contribution in [-0.4, -0.2) is 30.1 Å². The predicted molar refractivity (Wildman–Crippen MR) is 54.0 cm³/mol. The first-order valence-corrected chi connectivity index (χ1v) is 5.06. The molecule has 0 saturated carbocycles. The summed E-state index contributed by atoms with van der Waals surface area (Å²) in [5.41, 5.74) is -0.707. The third kappa shape index (κ3) is 3.41. The number of hydrogen-bond acceptors (Lipinski definition) is 1. The lowest BCUT2D eigenvalue weighted by molar-refractivity contribution is -0.140. The molecule has 1 aromatic carbocycles. The van der Waals surface area contributed by atoms with Gasteiger partial charge in [0.15, 0.2) is 11.6 Å². The summed E-state index contributed by atoms with van der Waals surface area (Å²) in [4.78, 5) is 12.0. The van der Waals surface area contributed by atoms with Crippen molar-refractivity contribution in [2.45, 2.75) is 13.1 Å². The van der Waals surface area contributed by atoms with Gasteiger partial charge in [0.25, 0.3) is 5.91 Å². The number of carbonyl (C=O) groups is 1. The molecule has 0 bridgehead atoms. The zero-order valence-corrected chi connectivity index (χ0v) is 9.39. The van der Waals surface area contributed by atoms with Gasteiger partial charge in [-0.1, -0.05) is 6.07 Å². The van der Waals surface area contributed by atoms with Crippen LogP contribution in [0.1, 0.15) is 17.3 Å². The molecule has 2 nitrogen and oxygen atoms in total. The minimum Gasteiger partial charge on any atom is -0.330 e. The molecular weight excluding hydrogens is 257 g/mol. The van der Waals surface area contributed by atoms with Crippen molar-refractivity contribution in [1.29, 1.82) is 0 Å². The molecule has 100 valence electrons. The van der Waals surface area contributed by atoms with Crippen LogP contribution < -0.4 is 0 Å². The second-order valence-corrected chi connectivity index (χ2v) is 3.54. The van der Waals surface area contributed by atoms with Crippen molar-refractivity contribution >= 4 is 5.91 Å². The molecule has 0 atom stereocenters. The van der Waals surface area contributed by atoms with Crippen LogP contribution in [0.15, 0.2) is 18.2 Å². The molecule has 0 unspecified atom stereocenters. The van der Waals surface area contributed by atoms with Gasteiger partial charge in [0, 0.05) is 6.54 Å². The van der Waals surface area contributed by atoms with E-state index < -0.39 is 35.8 Å². The molecule has 0 aliphatic carbocycles. The summed E-state index contributed by atoms with van der Waals surface area (Å²) in [5, 5.41) is 0. The largest absolute Gasteiger partial charge is 0.406 e. The third-order valence-corrected chi connectivity index (χ3v) is 2.22. The van der Waals surface area contributed by atoms with Crippen molar-refractivity contribution in [3.63, 3.8) is 0 Å². The molecule has 0 aliphatic heterocycles. The number of benzene rings is 1. The van der Waals surface area contributed by atoms with Gasteiger partial charge in [0.1, 0.15) is 6.54 Å². The topological polar surface area (TPSA) is 20.3 Å². The highest BCUT2D eigenvalue weighted by molar-refractivity contribution is 5.94. The van der Waals surface area contributed by atoms with Gasteiger partial charge in [-0.3, -0.25) is 4.79 Å². The van der Waals surface area contributed by atoms with Gasteiger partial charge in [-0.25, -0.2) is 8.78 Å². The minimum absolute atomic E-state index is 0.256. The molecule has 1 aromatic rings. The van der Waals surface area contributed by atoms with Crippen LogP contribution in [0.2, 0.25) is 0 Å². The van der Waals surface area contributed by atoms with Crippen molar-refractivity contribution in [3.05, 3.63) is 35.4 Å². The number of halogens is 5. The van der Waals surface area contributed by atoms with E-state index in [1.165, 1.54) is 6.92 Å². The lowest BCUT2D eigenvalue weighted by atomic mass is 10.1. The number of rotatable bonds is 3. The zero-order chi connectivity index (χ0) is 13.9. The van der Waals surface area contributed by atoms with Crippen molar-refractivity contribution in [3.8, 4) is 0 Å². The Morgan fingerprint density at radius 1 is 1.28 bits per heavy atom. The summed E-state index contributed by atoms with van der Waals surface area (Å²) in [6.07, 6.45) is -4.59. The molecule has 0 spiro atoms. The number of hydrogen-bond donors (Lipinski definition) is 0. The Kier molecular flexibility index (Phi) is 4.26. The van der Waals surface area contributed by atoms with Crippen LogP contribution in [0.25, 0.3) is 0 Å². The van der Waals surface area contributed by atoms with E-state index in [1.807, 2.05) is 0 Å². The van der Waals surface area contributed by atoms with Gasteiger partial charge in [-0.2, -0.15) is 13.2 Å². The van der Waals surface area contributed by atoms with Crippen molar-refractivity contribution in [1.82, 2.24) is 4.90 Å². The molecule has 0 heterocycles. The SMILES string of the molecule is CCN(CC(F)(F)F)C(=O)c1cccc(F)c1F. The van der Waals surface area contributed by atoms with E-state index >= 15 is 0 Å². The van der Waals surface area contributed by atoms with E-state index in [1.54, 1.807) is 0 Å². The Bertz CT molecular complexity index is 444. The van der Waals surface area contributed by atoms with Gasteiger partial charge in [0.05, 0.1) is 5.56 Å². The van der Waals surface area contributed by atoms with Gasteiger partial charge in [-0.05, 0) is 19.1 Å². The summed E-state index contributed by atoms with van der Waals surface area (Å²) < 4.78 is 62.7. The fraction of sp³-hybridized carbons (Fsp3) is 0.364. The van der Waals surface area contributed by atoms with E-state index in [0.29, 0.717) is 4.90 Å². The highest BCUT2D eigenvalue weighted by Gasteiger charge is 2.33. The lowest BCUT2D eigenvalue weighted by Gasteiger charge is -2.22. The van der Waals surface area contributed by atoms with E-state index in [2.05, 4.69) is 0 Å². The minimum atomic E-state index is -4.59. The molecule has 0 aromatic heterocycles. The fourth-order valence-corrected chi connectivity index (χ4v) is 1.38. The molecule has 0 N–H and O–H groups in total. The summed E-state index contributed by atoms with van der Waals surface area (Å²) in [5.74, 6) is -3.90. The molecule has 1 rings (SSSR count). The van der Waals surface area contributed by atoms with Crippen LogP contribution in [0.3, 0.4) is 0 Å². The normalized spacial score (nSPS) is 11.4. The Morgan fingerprint density at radius 2 is 1.89 bits per heavy atom. The molecule has 0 fully saturated rings. The fourth-order valence-electron chi connectivity index (χ4n) is 1.38. The van der Waals surface area contributed by atoms with E-state index in [-0.39, 0.29) is 6.54 Å². The first kappa shape index (κ1) is 14.4. The number of carbonyl (C=O) groups excluding carboxylic acids is 1. The van der Waals surface area contributed by atoms with Gasteiger partial charge >= 0.3 is 6.18 Å². The summed E-state index contributed by atoms with van der Waals surface area (Å²) in [6.45, 7) is -0.437. The maximum Gasteiger partial charge on any atom is 0.406 e. The number of alkyl halides is 3. The summed E-state index contributed by atoms with van der Waals surface area (Å²) >= 11 is 0. The maximum absolute atomic E-state index is 13.3. The number of nitrogens with zero attached hydrogens (tertiary/aromatic N) is 1. The maximum atomic E-state index is 13.3. The average molecular weight is 267 g/mol. The highest BCUT2D eigenvalue weighted by atomic mass is 19.4. The third-order valence-electron chi connectivity index (χ3n) is 2.22. The van der Waals surface area contributed by atoms with Crippen molar-refractivity contribution < 1.29 is 26.7 Å². The molecule has 1 amide bonds. The monoisotopic (exact) mass is 267 g/mol. The lowest BCUT2D eigenvalue weighted by Crippen LogP contribution is -2.39. The Labute approximate surface area is 100 Å². The molecule has 0 saturated heterocycles. The van der Waals surface area contributed by atoms with Crippen LogP contribution in [0.5, 0.6) is 0 Å². The number of amides is 1. The Balaban J connectivity index is 3.01. The van der Waals surface area contributed by atoms with Crippen LogP contribution in [0, 0.1) is 11.6 Å². The summed E-state index contributed by atoms with van der Waals surface area (Å²) in [7, 11) is 0. The molecule has 0 radical (unpaired) electrons. The Hall–Kier alpha value is -1.66. The van der Waals surface area contributed by atoms with Gasteiger partial charge in [0.2, 0.25) is 0 Å². The molecule has 7 heteroatoms. The standard InChI is InChI=1S/C11H10F5NO/c1-2-17(6-11(14,15)16)10(18)7-4-3-5-8(12)9(7)13/h3-5H,2,6H2,1H3. The van der Waals surface area contributed by atoms with Crippen LogP contribution in [0.4, 0.5) is 22.0 Å². The second-order valence-electron chi connectivity index (χ2n) is 3.54. The average Bonchev–Trinajstić information content (AvgIpc) is 2.27. The van der Waals surface area contributed by atoms with Crippen LogP contribution in [-0.2, 0) is 0 Å². The van der Waals surface area contributed by atoms with E-state index in [4.69, 9.17) is 0 Å². The molecule has 18 heavy (non-hydrogen) atoms. The quantitative estimate of drug-likeness (QED) is 0.771. The molecule has 0 aliphatic rings. The van der Waals surface area contributed by atoms with Crippen molar-refractivity contribution in [2.75, 3.05) is 13.1 Å². The Morgan fingerprint density at radius 3 is 2.39 bits per heavy atom. The highest BCUT2D eigenvalue weighted by Crippen LogP contribution is 2.19. The smallest absolute Gasteiger partial charge is 0.330 e. The molecular formula is C11H10F5NO. The van der Waals surface area contributed by atoms with Gasteiger partial charge < -0.3 is 4.90 Å².